The van der Waals surface area contributed by atoms with Crippen LogP contribution in [0.2, 0.25) is 0 Å². The molecule has 36 heavy (non-hydrogen) atoms. The molecule has 1 aliphatic heterocycles. The summed E-state index contributed by atoms with van der Waals surface area (Å²) < 4.78 is 6.33. The van der Waals surface area contributed by atoms with Gasteiger partial charge in [0.05, 0.1) is 5.41 Å². The van der Waals surface area contributed by atoms with Crippen LogP contribution >= 0.6 is 0 Å². The van der Waals surface area contributed by atoms with Gasteiger partial charge in [-0.05, 0) is 51.1 Å². The lowest BCUT2D eigenvalue weighted by Gasteiger charge is -2.38. The third-order valence-electron chi connectivity index (χ3n) is 6.84. The number of rotatable bonds is 18. The second-order valence-corrected chi connectivity index (χ2v) is 11.2. The molecule has 2 atom stereocenters. The van der Waals surface area contributed by atoms with E-state index in [1.807, 2.05) is 0 Å². The molecule has 0 aromatic carbocycles. The highest BCUT2D eigenvalue weighted by atomic mass is 16.7. The highest BCUT2D eigenvalue weighted by Gasteiger charge is 2.40. The molecule has 0 bridgehead atoms. The summed E-state index contributed by atoms with van der Waals surface area (Å²) >= 11 is 0. The minimum Gasteiger partial charge on any atom is -0.471 e. The van der Waals surface area contributed by atoms with Gasteiger partial charge >= 0.3 is 0 Å². The summed E-state index contributed by atoms with van der Waals surface area (Å²) in [5.41, 5.74) is 1.29. The molecule has 0 saturated heterocycles. The van der Waals surface area contributed by atoms with Crippen LogP contribution in [0.3, 0.4) is 0 Å². The van der Waals surface area contributed by atoms with Gasteiger partial charge in [0.25, 0.3) is 0 Å². The molecule has 0 amide bonds. The molecular formula is C32H62N2O2. The number of unbranched alkanes of at least 4 members (excludes halogenated alkanes) is 5. The molecule has 1 aliphatic rings. The quantitative estimate of drug-likeness (QED) is 0.173. The van der Waals surface area contributed by atoms with Crippen molar-refractivity contribution < 1.29 is 9.57 Å². The molecule has 1 heterocycles. The van der Waals surface area contributed by atoms with E-state index in [4.69, 9.17) is 9.57 Å². The summed E-state index contributed by atoms with van der Waals surface area (Å²) in [5.74, 6) is 1.74. The van der Waals surface area contributed by atoms with Crippen molar-refractivity contribution in [2.45, 2.75) is 151 Å². The summed E-state index contributed by atoms with van der Waals surface area (Å²) in [6.45, 7) is 18.5. The van der Waals surface area contributed by atoms with Gasteiger partial charge in [0.15, 0.2) is 6.61 Å². The number of oxime groups is 1. The first-order chi connectivity index (χ1) is 17.3. The maximum Gasteiger partial charge on any atom is 0.232 e. The van der Waals surface area contributed by atoms with Crippen LogP contribution in [0, 0.1) is 11.3 Å². The van der Waals surface area contributed by atoms with Crippen molar-refractivity contribution in [1.29, 1.82) is 0 Å². The van der Waals surface area contributed by atoms with Gasteiger partial charge in [-0.3, -0.25) is 0 Å². The topological polar surface area (TPSA) is 34.1 Å². The molecule has 1 rings (SSSR count). The van der Waals surface area contributed by atoms with Crippen molar-refractivity contribution in [3.8, 4) is 0 Å². The van der Waals surface area contributed by atoms with Crippen molar-refractivity contribution in [2.24, 2.45) is 16.5 Å². The van der Waals surface area contributed by atoms with E-state index in [1.54, 1.807) is 0 Å². The standard InChI is InChI=1S/C23H42N2O2.C9H20/c1-7-11-13-15-23(14-9-3,22-24-26-19-21(10-4)27-22)17-20(5)18-25(6)16-12-8-2;1-4-5-6-7-8-9(2)3/h12,16,18,21H,7-11,13-15,17,19H2,1-6H3;9H,4-8H2,1-3H3/b16-12-,20-18+;. The summed E-state index contributed by atoms with van der Waals surface area (Å²) in [7, 11) is 2.10. The maximum atomic E-state index is 6.33. The molecule has 0 radical (unpaired) electrons. The van der Waals surface area contributed by atoms with E-state index in [9.17, 15) is 0 Å². The van der Waals surface area contributed by atoms with Gasteiger partial charge in [-0.25, -0.2) is 0 Å². The van der Waals surface area contributed by atoms with Crippen LogP contribution in [0.1, 0.15) is 145 Å². The van der Waals surface area contributed by atoms with Gasteiger partial charge in [0.2, 0.25) is 5.90 Å². The van der Waals surface area contributed by atoms with E-state index in [0.29, 0.717) is 6.61 Å². The van der Waals surface area contributed by atoms with Crippen molar-refractivity contribution in [3.63, 3.8) is 0 Å². The Hall–Kier alpha value is -1.45. The fraction of sp³-hybridized carbons (Fsp3) is 0.844. The Morgan fingerprint density at radius 1 is 1.00 bits per heavy atom. The van der Waals surface area contributed by atoms with Crippen molar-refractivity contribution in [1.82, 2.24) is 4.90 Å². The number of hydrogen-bond donors (Lipinski definition) is 0. The SMILES string of the molecule is CC/C=C\N(C)/C=C(\C)CC(CCC)(CCCCC)C1=NOCC(CC)O1.CCCCCCC(C)C. The second-order valence-electron chi connectivity index (χ2n) is 11.2. The molecule has 4 nitrogen and oxygen atoms in total. The Kier molecular flexibility index (Phi) is 20.7. The smallest absolute Gasteiger partial charge is 0.232 e. The normalized spacial score (nSPS) is 17.7. The minimum absolute atomic E-state index is 0.0619. The zero-order valence-electron chi connectivity index (χ0n) is 25.7. The molecule has 2 unspecified atom stereocenters. The molecular weight excluding hydrogens is 444 g/mol. The van der Waals surface area contributed by atoms with E-state index in [-0.39, 0.29) is 11.5 Å². The van der Waals surface area contributed by atoms with E-state index in [1.165, 1.54) is 56.9 Å². The van der Waals surface area contributed by atoms with Crippen LogP contribution in [0.5, 0.6) is 0 Å². The minimum atomic E-state index is -0.0619. The molecule has 0 fully saturated rings. The van der Waals surface area contributed by atoms with Crippen LogP contribution in [0.15, 0.2) is 29.2 Å². The number of allylic oxidation sites excluding steroid dienone is 2. The predicted molar refractivity (Wildman–Crippen MR) is 159 cm³/mol. The van der Waals surface area contributed by atoms with Crippen LogP contribution in [-0.4, -0.2) is 30.6 Å². The van der Waals surface area contributed by atoms with Crippen LogP contribution < -0.4 is 0 Å². The van der Waals surface area contributed by atoms with Crippen molar-refractivity contribution in [2.75, 3.05) is 13.7 Å². The first-order valence-corrected chi connectivity index (χ1v) is 15.2. The number of nitrogens with zero attached hydrogens (tertiary/aromatic N) is 2. The molecule has 4 heteroatoms. The number of ether oxygens (including phenoxy) is 1. The van der Waals surface area contributed by atoms with Gasteiger partial charge in [-0.1, -0.05) is 123 Å². The summed E-state index contributed by atoms with van der Waals surface area (Å²) in [6.07, 6.45) is 23.7. The van der Waals surface area contributed by atoms with E-state index in [0.717, 1.165) is 50.3 Å². The number of hydrogen-bond acceptors (Lipinski definition) is 4. The lowest BCUT2D eigenvalue weighted by molar-refractivity contribution is -0.00839. The average Bonchev–Trinajstić information content (AvgIpc) is 2.85. The third-order valence-corrected chi connectivity index (χ3v) is 6.84. The van der Waals surface area contributed by atoms with Gasteiger partial charge < -0.3 is 14.5 Å². The van der Waals surface area contributed by atoms with E-state index in [2.05, 4.69) is 91.0 Å². The van der Waals surface area contributed by atoms with Gasteiger partial charge in [0.1, 0.15) is 6.10 Å². The van der Waals surface area contributed by atoms with Crippen molar-refractivity contribution >= 4 is 5.90 Å². The molecule has 212 valence electrons. The molecule has 0 saturated carbocycles. The van der Waals surface area contributed by atoms with Crippen LogP contribution in [0.4, 0.5) is 0 Å². The first-order valence-electron chi connectivity index (χ1n) is 15.2. The molecule has 0 aliphatic carbocycles. The highest BCUT2D eigenvalue weighted by Crippen LogP contribution is 2.40. The summed E-state index contributed by atoms with van der Waals surface area (Å²) in [5, 5.41) is 4.42. The lowest BCUT2D eigenvalue weighted by Crippen LogP contribution is -2.40. The fourth-order valence-electron chi connectivity index (χ4n) is 4.82. The largest absolute Gasteiger partial charge is 0.471 e. The molecule has 0 spiro atoms. The summed E-state index contributed by atoms with van der Waals surface area (Å²) in [6, 6.07) is 0. The Balaban J connectivity index is 0.00000115. The van der Waals surface area contributed by atoms with Crippen molar-refractivity contribution in [3.05, 3.63) is 24.0 Å². The average molecular weight is 507 g/mol. The fourth-order valence-corrected chi connectivity index (χ4v) is 4.82. The zero-order chi connectivity index (χ0) is 27.2. The van der Waals surface area contributed by atoms with E-state index < -0.39 is 0 Å². The molecule has 0 N–H and O–H groups in total. The Labute approximate surface area is 226 Å². The predicted octanol–water partition coefficient (Wildman–Crippen LogP) is 10.3. The summed E-state index contributed by atoms with van der Waals surface area (Å²) in [4.78, 5) is 7.73. The van der Waals surface area contributed by atoms with Crippen LogP contribution in [0.25, 0.3) is 0 Å². The first kappa shape index (κ1) is 34.6. The molecule has 0 aromatic rings. The highest BCUT2D eigenvalue weighted by molar-refractivity contribution is 5.83. The zero-order valence-corrected chi connectivity index (χ0v) is 25.7. The van der Waals surface area contributed by atoms with Crippen LogP contribution in [-0.2, 0) is 9.57 Å². The Bertz CT molecular complexity index is 611. The Morgan fingerprint density at radius 3 is 2.28 bits per heavy atom. The van der Waals surface area contributed by atoms with Gasteiger partial charge in [-0.2, -0.15) is 0 Å². The second kappa shape index (κ2) is 21.6. The van der Waals surface area contributed by atoms with E-state index >= 15 is 0 Å². The maximum absolute atomic E-state index is 6.33. The Morgan fingerprint density at radius 2 is 1.69 bits per heavy atom. The lowest BCUT2D eigenvalue weighted by atomic mass is 9.73. The van der Waals surface area contributed by atoms with Gasteiger partial charge in [0, 0.05) is 13.2 Å². The third kappa shape index (κ3) is 15.6. The van der Waals surface area contributed by atoms with Gasteiger partial charge in [-0.15, -0.1) is 0 Å². The monoisotopic (exact) mass is 506 g/mol. The molecule has 0 aromatic heterocycles.